The van der Waals surface area contributed by atoms with Gasteiger partial charge in [0.05, 0.1) is 33.0 Å². The van der Waals surface area contributed by atoms with Gasteiger partial charge in [0.1, 0.15) is 6.04 Å². The maximum atomic E-state index is 13.0. The Hall–Kier alpha value is -4.61. The number of aromatic carboxylic acids is 1. The van der Waals surface area contributed by atoms with Crippen molar-refractivity contribution in [1.82, 2.24) is 10.2 Å². The Labute approximate surface area is 258 Å². The number of carbonyl (C=O) groups is 5. The molecule has 4 N–H and O–H groups in total. The first-order valence-corrected chi connectivity index (χ1v) is 13.8. The quantitative estimate of drug-likeness (QED) is 0.158. The van der Waals surface area contributed by atoms with Crippen molar-refractivity contribution in [3.63, 3.8) is 0 Å². The molecule has 3 rings (SSSR count). The smallest absolute Gasteiger partial charge is 0.337 e. The second kappa shape index (κ2) is 15.0. The molecule has 0 aromatic heterocycles. The molecule has 4 amide bonds. The maximum absolute atomic E-state index is 13.0. The molecule has 0 saturated carbocycles. The number of nitrogens with one attached hydrogen (secondary N) is 3. The van der Waals surface area contributed by atoms with Crippen LogP contribution in [-0.2, 0) is 27.3 Å². The van der Waals surface area contributed by atoms with E-state index in [1.54, 1.807) is 57.3 Å². The van der Waals surface area contributed by atoms with Gasteiger partial charge < -0.3 is 30.7 Å². The summed E-state index contributed by atoms with van der Waals surface area (Å²) in [5.41, 5.74) is 1.58. The first kappa shape index (κ1) is 32.9. The van der Waals surface area contributed by atoms with Gasteiger partial charge in [-0.1, -0.05) is 47.5 Å². The van der Waals surface area contributed by atoms with Crippen molar-refractivity contribution in [2.24, 2.45) is 0 Å². The molecule has 0 saturated heterocycles. The number of hydrogen-bond donors (Lipinski definition) is 4. The molecule has 0 unspecified atom stereocenters. The summed E-state index contributed by atoms with van der Waals surface area (Å²) in [6.45, 7) is 3.58. The minimum absolute atomic E-state index is 0.0349. The standard InChI is InChI=1S/C30H30Cl2N4O7/c1-17(2)43-29(41)25(34-27(38)26-22(31)5-4-6-23(26)32)14-18-7-10-20(11-8-18)33-30(42)35-24-12-9-19(15-36(3)16-37)13-21(24)28(39)40/h4-13,16-17,25H,14-15H2,1-3H3,(H,34,38)(H,39,40)(H2,33,35,42)/t25-/m0/s1. The van der Waals surface area contributed by atoms with Gasteiger partial charge >= 0.3 is 18.0 Å². The summed E-state index contributed by atoms with van der Waals surface area (Å²) in [6, 6.07) is 13.8. The topological polar surface area (TPSA) is 154 Å². The molecule has 3 aromatic rings. The lowest BCUT2D eigenvalue weighted by atomic mass is 10.0. The van der Waals surface area contributed by atoms with E-state index in [0.717, 1.165) is 0 Å². The fourth-order valence-electron chi connectivity index (χ4n) is 4.00. The summed E-state index contributed by atoms with van der Waals surface area (Å²) < 4.78 is 5.33. The number of urea groups is 1. The first-order valence-electron chi connectivity index (χ1n) is 13.0. The lowest BCUT2D eigenvalue weighted by Crippen LogP contribution is -2.44. The Kier molecular flexibility index (Phi) is 11.5. The highest BCUT2D eigenvalue weighted by Crippen LogP contribution is 2.25. The van der Waals surface area contributed by atoms with E-state index in [9.17, 15) is 29.1 Å². The van der Waals surface area contributed by atoms with Crippen LogP contribution in [0.3, 0.4) is 0 Å². The van der Waals surface area contributed by atoms with Crippen LogP contribution < -0.4 is 16.0 Å². The highest BCUT2D eigenvalue weighted by Gasteiger charge is 2.26. The van der Waals surface area contributed by atoms with Crippen LogP contribution in [-0.4, -0.2) is 59.5 Å². The normalized spacial score (nSPS) is 11.3. The predicted molar refractivity (Wildman–Crippen MR) is 163 cm³/mol. The number of rotatable bonds is 12. The molecule has 11 nitrogen and oxygen atoms in total. The number of halogens is 2. The van der Waals surface area contributed by atoms with Crippen molar-refractivity contribution in [3.8, 4) is 0 Å². The van der Waals surface area contributed by atoms with Gasteiger partial charge in [-0.3, -0.25) is 9.59 Å². The number of nitrogens with zero attached hydrogens (tertiary/aromatic N) is 1. The van der Waals surface area contributed by atoms with E-state index in [0.29, 0.717) is 23.2 Å². The SMILES string of the molecule is CC(C)OC(=O)[C@H](Cc1ccc(NC(=O)Nc2ccc(CN(C)C=O)cc2C(=O)O)cc1)NC(=O)c1c(Cl)cccc1Cl. The lowest BCUT2D eigenvalue weighted by Gasteiger charge is -2.20. The van der Waals surface area contributed by atoms with Gasteiger partial charge in [0, 0.05) is 25.7 Å². The minimum atomic E-state index is -1.25. The molecule has 0 aliphatic heterocycles. The zero-order valence-electron chi connectivity index (χ0n) is 23.5. The molecule has 0 radical (unpaired) electrons. The van der Waals surface area contributed by atoms with Crippen LogP contribution in [0, 0.1) is 0 Å². The zero-order valence-corrected chi connectivity index (χ0v) is 25.0. The molecule has 226 valence electrons. The van der Waals surface area contributed by atoms with Crippen LogP contribution in [0.25, 0.3) is 0 Å². The van der Waals surface area contributed by atoms with Crippen molar-refractivity contribution in [2.75, 3.05) is 17.7 Å². The zero-order chi connectivity index (χ0) is 31.7. The van der Waals surface area contributed by atoms with Crippen molar-refractivity contribution in [2.45, 2.75) is 39.0 Å². The molecule has 0 aliphatic rings. The summed E-state index contributed by atoms with van der Waals surface area (Å²) in [5.74, 6) is -2.53. The number of benzene rings is 3. The number of amides is 4. The number of ether oxygens (including phenoxy) is 1. The Morgan fingerprint density at radius 2 is 1.58 bits per heavy atom. The van der Waals surface area contributed by atoms with E-state index in [4.69, 9.17) is 27.9 Å². The van der Waals surface area contributed by atoms with Crippen LogP contribution in [0.2, 0.25) is 10.0 Å². The number of carboxylic acid groups (broad SMARTS) is 1. The first-order chi connectivity index (χ1) is 20.4. The monoisotopic (exact) mass is 628 g/mol. The van der Waals surface area contributed by atoms with Crippen LogP contribution in [0.4, 0.5) is 16.2 Å². The Bertz CT molecular complexity index is 1490. The van der Waals surface area contributed by atoms with Gasteiger partial charge in [0.2, 0.25) is 6.41 Å². The second-order valence-electron chi connectivity index (χ2n) is 9.79. The fraction of sp³-hybridized carbons (Fsp3) is 0.233. The van der Waals surface area contributed by atoms with E-state index in [1.165, 1.54) is 29.2 Å². The highest BCUT2D eigenvalue weighted by molar-refractivity contribution is 6.39. The summed E-state index contributed by atoms with van der Waals surface area (Å²) >= 11 is 12.3. The fourth-order valence-corrected chi connectivity index (χ4v) is 4.57. The molecular formula is C30H30Cl2N4O7. The van der Waals surface area contributed by atoms with Crippen LogP contribution in [0.15, 0.2) is 60.7 Å². The molecule has 1 atom stereocenters. The predicted octanol–water partition coefficient (Wildman–Crippen LogP) is 5.22. The minimum Gasteiger partial charge on any atom is -0.478 e. The summed E-state index contributed by atoms with van der Waals surface area (Å²) in [5, 5.41) is 17.6. The molecule has 0 heterocycles. The molecule has 0 spiro atoms. The van der Waals surface area contributed by atoms with Crippen LogP contribution in [0.1, 0.15) is 45.7 Å². The van der Waals surface area contributed by atoms with Gasteiger partial charge in [0.25, 0.3) is 5.91 Å². The average Bonchev–Trinajstić information content (AvgIpc) is 2.93. The van der Waals surface area contributed by atoms with E-state index in [2.05, 4.69) is 16.0 Å². The molecule has 0 aliphatic carbocycles. The van der Waals surface area contributed by atoms with Crippen molar-refractivity contribution >= 4 is 64.9 Å². The highest BCUT2D eigenvalue weighted by atomic mass is 35.5. The number of carboxylic acids is 1. The Morgan fingerprint density at radius 3 is 2.16 bits per heavy atom. The van der Waals surface area contributed by atoms with Gasteiger partial charge in [-0.25, -0.2) is 14.4 Å². The summed E-state index contributed by atoms with van der Waals surface area (Å²) in [4.78, 5) is 62.4. The Balaban J connectivity index is 1.70. The van der Waals surface area contributed by atoms with Crippen LogP contribution >= 0.6 is 23.2 Å². The van der Waals surface area contributed by atoms with E-state index < -0.39 is 36.0 Å². The van der Waals surface area contributed by atoms with E-state index >= 15 is 0 Å². The lowest BCUT2D eigenvalue weighted by molar-refractivity contribution is -0.149. The van der Waals surface area contributed by atoms with Crippen molar-refractivity contribution in [3.05, 3.63) is 93.0 Å². The van der Waals surface area contributed by atoms with Gasteiger partial charge in [-0.2, -0.15) is 0 Å². The molecule has 43 heavy (non-hydrogen) atoms. The van der Waals surface area contributed by atoms with E-state index in [1.807, 2.05) is 0 Å². The third-order valence-corrected chi connectivity index (χ3v) is 6.59. The number of carbonyl (C=O) groups excluding carboxylic acids is 4. The van der Waals surface area contributed by atoms with Crippen LogP contribution in [0.5, 0.6) is 0 Å². The third kappa shape index (κ3) is 9.45. The Morgan fingerprint density at radius 1 is 0.953 bits per heavy atom. The number of hydrogen-bond acceptors (Lipinski definition) is 6. The largest absolute Gasteiger partial charge is 0.478 e. The van der Waals surface area contributed by atoms with E-state index in [-0.39, 0.29) is 39.8 Å². The van der Waals surface area contributed by atoms with Gasteiger partial charge in [-0.15, -0.1) is 0 Å². The number of esters is 1. The molecular weight excluding hydrogens is 599 g/mol. The number of anilines is 2. The second-order valence-corrected chi connectivity index (χ2v) is 10.6. The van der Waals surface area contributed by atoms with Gasteiger partial charge in [-0.05, 0) is 61.4 Å². The average molecular weight is 629 g/mol. The molecule has 0 bridgehead atoms. The molecule has 0 fully saturated rings. The maximum Gasteiger partial charge on any atom is 0.337 e. The molecule has 13 heteroatoms. The summed E-state index contributed by atoms with van der Waals surface area (Å²) in [6.07, 6.45) is 0.270. The van der Waals surface area contributed by atoms with Gasteiger partial charge in [0.15, 0.2) is 0 Å². The van der Waals surface area contributed by atoms with Crippen molar-refractivity contribution < 1.29 is 33.8 Å². The van der Waals surface area contributed by atoms with Crippen molar-refractivity contribution in [1.29, 1.82) is 0 Å². The third-order valence-electron chi connectivity index (χ3n) is 5.96. The summed E-state index contributed by atoms with van der Waals surface area (Å²) in [7, 11) is 1.56. The molecule has 3 aromatic carbocycles.